The minimum Gasteiger partial charge on any atom is -0.332 e. The second-order valence-corrected chi connectivity index (χ2v) is 10.2. The van der Waals surface area contributed by atoms with Gasteiger partial charge in [0, 0.05) is 11.1 Å². The van der Waals surface area contributed by atoms with Gasteiger partial charge in [-0.25, -0.2) is 0 Å². The maximum Gasteiger partial charge on any atom is 0.229 e. The average Bonchev–Trinajstić information content (AvgIpc) is 3.45. The molecule has 1 amide bonds. The van der Waals surface area contributed by atoms with Gasteiger partial charge in [-0.05, 0) is 74.5 Å². The summed E-state index contributed by atoms with van der Waals surface area (Å²) < 4.78 is 0. The summed E-state index contributed by atoms with van der Waals surface area (Å²) in [6, 6.07) is 8.83. The zero-order chi connectivity index (χ0) is 20.4. The summed E-state index contributed by atoms with van der Waals surface area (Å²) in [6.45, 7) is 6.17. The lowest BCUT2D eigenvalue weighted by Gasteiger charge is -2.50. The van der Waals surface area contributed by atoms with Crippen LogP contribution in [0.25, 0.3) is 0 Å². The highest BCUT2D eigenvalue weighted by atomic mass is 35.5. The largest absolute Gasteiger partial charge is 0.332 e. The summed E-state index contributed by atoms with van der Waals surface area (Å²) in [6.07, 6.45) is 14.9. The number of halogens is 1. The molecule has 1 aliphatic heterocycles. The van der Waals surface area contributed by atoms with Gasteiger partial charge in [-0.15, -0.1) is 6.58 Å². The first kappa shape index (κ1) is 21.0. The summed E-state index contributed by atoms with van der Waals surface area (Å²) >= 11 is 6.17. The van der Waals surface area contributed by atoms with E-state index in [0.29, 0.717) is 17.9 Å². The third-order valence-corrected chi connectivity index (χ3v) is 8.21. The standard InChI is InChI=1S/C26H36ClNO/c1-3-16-26(4-2)17-15-23(20-11-13-22(27)14-12-20)28(25(26)29)24(21-9-10-21)18-19-7-5-6-8-19/h3,11-14,19,21,23-24H,1,4-10,15-18H2,2H3/t23?,24?,26-/m0/s1. The van der Waals surface area contributed by atoms with Crippen LogP contribution in [0, 0.1) is 17.3 Å². The van der Waals surface area contributed by atoms with Crippen molar-refractivity contribution in [3.8, 4) is 0 Å². The van der Waals surface area contributed by atoms with Crippen molar-refractivity contribution in [3.05, 3.63) is 47.5 Å². The van der Waals surface area contributed by atoms with E-state index in [0.717, 1.165) is 36.6 Å². The number of carbonyl (C=O) groups is 1. The minimum absolute atomic E-state index is 0.191. The summed E-state index contributed by atoms with van der Waals surface area (Å²) in [5, 5.41) is 0.765. The molecule has 2 unspecified atom stereocenters. The Bertz CT molecular complexity index is 719. The van der Waals surface area contributed by atoms with E-state index in [4.69, 9.17) is 11.6 Å². The Morgan fingerprint density at radius 1 is 1.17 bits per heavy atom. The molecule has 4 rings (SSSR count). The molecule has 3 aliphatic rings. The predicted molar refractivity (Wildman–Crippen MR) is 121 cm³/mol. The van der Waals surface area contributed by atoms with Crippen LogP contribution in [0.3, 0.4) is 0 Å². The monoisotopic (exact) mass is 413 g/mol. The molecule has 2 saturated carbocycles. The highest BCUT2D eigenvalue weighted by Gasteiger charge is 2.50. The zero-order valence-electron chi connectivity index (χ0n) is 17.9. The fourth-order valence-corrected chi connectivity index (χ4v) is 6.13. The lowest BCUT2D eigenvalue weighted by Crippen LogP contribution is -2.54. The molecule has 1 aromatic rings. The third kappa shape index (κ3) is 4.29. The van der Waals surface area contributed by atoms with Crippen molar-refractivity contribution in [2.45, 2.75) is 89.6 Å². The highest BCUT2D eigenvalue weighted by Crippen LogP contribution is 2.51. The third-order valence-electron chi connectivity index (χ3n) is 7.96. The first-order valence-electron chi connectivity index (χ1n) is 11.8. The number of likely N-dealkylation sites (tertiary alicyclic amines) is 1. The molecule has 158 valence electrons. The van der Waals surface area contributed by atoms with Crippen molar-refractivity contribution in [2.75, 3.05) is 0 Å². The van der Waals surface area contributed by atoms with E-state index in [1.165, 1.54) is 50.5 Å². The van der Waals surface area contributed by atoms with Gasteiger partial charge in [-0.1, -0.05) is 62.4 Å². The van der Waals surface area contributed by atoms with Crippen molar-refractivity contribution < 1.29 is 4.79 Å². The van der Waals surface area contributed by atoms with Crippen LogP contribution in [-0.4, -0.2) is 16.8 Å². The first-order chi connectivity index (χ1) is 14.1. The number of piperidine rings is 1. The molecule has 1 aromatic carbocycles. The second-order valence-electron chi connectivity index (χ2n) is 9.74. The smallest absolute Gasteiger partial charge is 0.229 e. The van der Waals surface area contributed by atoms with Crippen molar-refractivity contribution in [1.29, 1.82) is 0 Å². The Hall–Kier alpha value is -1.28. The Morgan fingerprint density at radius 3 is 2.45 bits per heavy atom. The molecule has 3 heteroatoms. The summed E-state index contributed by atoms with van der Waals surface area (Å²) in [5.41, 5.74) is 0.996. The van der Waals surface area contributed by atoms with Gasteiger partial charge in [0.05, 0.1) is 11.5 Å². The number of amides is 1. The van der Waals surface area contributed by atoms with Gasteiger partial charge < -0.3 is 4.90 Å². The fraction of sp³-hybridized carbons (Fsp3) is 0.654. The van der Waals surface area contributed by atoms with E-state index < -0.39 is 0 Å². The van der Waals surface area contributed by atoms with Gasteiger partial charge in [0.1, 0.15) is 0 Å². The number of hydrogen-bond acceptors (Lipinski definition) is 1. The van der Waals surface area contributed by atoms with E-state index in [2.05, 4.69) is 30.5 Å². The number of carbonyl (C=O) groups excluding carboxylic acids is 1. The topological polar surface area (TPSA) is 20.3 Å². The zero-order valence-corrected chi connectivity index (χ0v) is 18.7. The number of rotatable bonds is 8. The van der Waals surface area contributed by atoms with Crippen LogP contribution in [0.5, 0.6) is 0 Å². The van der Waals surface area contributed by atoms with Gasteiger partial charge in [0.15, 0.2) is 0 Å². The summed E-state index contributed by atoms with van der Waals surface area (Å²) in [7, 11) is 0. The van der Waals surface area contributed by atoms with Crippen molar-refractivity contribution in [3.63, 3.8) is 0 Å². The predicted octanol–water partition coefficient (Wildman–Crippen LogP) is 7.33. The molecular formula is C26H36ClNO. The van der Waals surface area contributed by atoms with Crippen LogP contribution in [0.4, 0.5) is 0 Å². The molecule has 29 heavy (non-hydrogen) atoms. The highest BCUT2D eigenvalue weighted by molar-refractivity contribution is 6.30. The van der Waals surface area contributed by atoms with Crippen LogP contribution in [0.15, 0.2) is 36.9 Å². The number of hydrogen-bond donors (Lipinski definition) is 0. The van der Waals surface area contributed by atoms with E-state index in [-0.39, 0.29) is 11.5 Å². The molecule has 0 aromatic heterocycles. The lowest BCUT2D eigenvalue weighted by atomic mass is 9.70. The normalized spacial score (nSPS) is 29.2. The van der Waals surface area contributed by atoms with Crippen LogP contribution < -0.4 is 0 Å². The molecule has 2 aliphatic carbocycles. The minimum atomic E-state index is -0.256. The number of allylic oxidation sites excluding steroid dienone is 1. The van der Waals surface area contributed by atoms with Gasteiger partial charge in [-0.2, -0.15) is 0 Å². The van der Waals surface area contributed by atoms with Gasteiger partial charge >= 0.3 is 0 Å². The van der Waals surface area contributed by atoms with E-state index >= 15 is 0 Å². The molecule has 1 heterocycles. The quantitative estimate of drug-likeness (QED) is 0.408. The Kier molecular flexibility index (Phi) is 6.39. The van der Waals surface area contributed by atoms with E-state index in [1.54, 1.807) is 0 Å². The van der Waals surface area contributed by atoms with Gasteiger partial charge in [0.2, 0.25) is 5.91 Å². The molecule has 3 atom stereocenters. The Morgan fingerprint density at radius 2 is 1.86 bits per heavy atom. The van der Waals surface area contributed by atoms with E-state index in [9.17, 15) is 4.79 Å². The average molecular weight is 414 g/mol. The number of nitrogens with zero attached hydrogens (tertiary/aromatic N) is 1. The van der Waals surface area contributed by atoms with Crippen molar-refractivity contribution in [1.82, 2.24) is 4.90 Å². The van der Waals surface area contributed by atoms with Crippen molar-refractivity contribution >= 4 is 17.5 Å². The number of benzene rings is 1. The van der Waals surface area contributed by atoms with Crippen LogP contribution in [0.2, 0.25) is 5.02 Å². The molecule has 0 radical (unpaired) electrons. The Balaban J connectivity index is 1.69. The molecule has 0 spiro atoms. The fourth-order valence-electron chi connectivity index (χ4n) is 6.01. The molecule has 0 bridgehead atoms. The maximum absolute atomic E-state index is 14.1. The lowest BCUT2D eigenvalue weighted by molar-refractivity contribution is -0.155. The molecule has 2 nitrogen and oxygen atoms in total. The summed E-state index contributed by atoms with van der Waals surface area (Å²) in [4.78, 5) is 16.5. The maximum atomic E-state index is 14.1. The SMILES string of the molecule is C=CC[C@@]1(CC)CCC(c2ccc(Cl)cc2)N(C(CC2CCCC2)C2CC2)C1=O. The van der Waals surface area contributed by atoms with Gasteiger partial charge in [0.25, 0.3) is 0 Å². The second kappa shape index (κ2) is 8.84. The van der Waals surface area contributed by atoms with Gasteiger partial charge in [-0.3, -0.25) is 4.79 Å². The summed E-state index contributed by atoms with van der Waals surface area (Å²) in [5.74, 6) is 1.89. The first-order valence-corrected chi connectivity index (χ1v) is 12.1. The molecule has 3 fully saturated rings. The van der Waals surface area contributed by atoms with Crippen molar-refractivity contribution in [2.24, 2.45) is 17.3 Å². The molecule has 1 saturated heterocycles. The van der Waals surface area contributed by atoms with Crippen LogP contribution >= 0.6 is 11.6 Å². The van der Waals surface area contributed by atoms with E-state index in [1.807, 2.05) is 18.2 Å². The van der Waals surface area contributed by atoms with Crippen LogP contribution in [0.1, 0.15) is 89.2 Å². The molecular weight excluding hydrogens is 378 g/mol. The van der Waals surface area contributed by atoms with Crippen LogP contribution in [-0.2, 0) is 4.79 Å². The molecule has 0 N–H and O–H groups in total. The Labute approximate surface area is 181 Å².